The molecular weight excluding hydrogens is 130 g/mol. The second-order valence-corrected chi connectivity index (χ2v) is 3.09. The molecule has 0 aromatic heterocycles. The summed E-state index contributed by atoms with van der Waals surface area (Å²) in [6.07, 6.45) is 1.72. The number of ketones is 1. The minimum atomic E-state index is -1.10. The van der Waals surface area contributed by atoms with Gasteiger partial charge in [0.25, 0.3) is 0 Å². The normalized spacial score (nSPS) is 40.1. The Kier molecular flexibility index (Phi) is 1.79. The predicted octanol–water partition coefficient (Wildman–Crippen LogP) is -0.182. The van der Waals surface area contributed by atoms with Gasteiger partial charge in [0.1, 0.15) is 5.60 Å². The summed E-state index contributed by atoms with van der Waals surface area (Å²) in [4.78, 5) is 10.8. The first-order valence-electron chi connectivity index (χ1n) is 3.53. The first-order valence-corrected chi connectivity index (χ1v) is 3.53. The highest BCUT2D eigenvalue weighted by Gasteiger charge is 2.39. The number of nitrogens with two attached hydrogens (primary N) is 1. The Bertz CT molecular complexity index is 158. The van der Waals surface area contributed by atoms with Crippen LogP contribution in [0, 0.1) is 0 Å². The molecular formula is C7H13NO2. The summed E-state index contributed by atoms with van der Waals surface area (Å²) in [7, 11) is 0. The molecule has 0 saturated heterocycles. The maximum atomic E-state index is 10.8. The van der Waals surface area contributed by atoms with Gasteiger partial charge in [0.2, 0.25) is 0 Å². The molecule has 3 nitrogen and oxygen atoms in total. The molecule has 0 bridgehead atoms. The molecule has 3 N–H and O–H groups in total. The molecule has 0 aromatic rings. The van der Waals surface area contributed by atoms with Gasteiger partial charge >= 0.3 is 0 Å². The lowest BCUT2D eigenvalue weighted by Crippen LogP contribution is -2.35. The summed E-state index contributed by atoms with van der Waals surface area (Å²) in [5.41, 5.74) is 4.44. The third kappa shape index (κ3) is 1.20. The molecule has 0 radical (unpaired) electrons. The van der Waals surface area contributed by atoms with Crippen LogP contribution in [0.3, 0.4) is 0 Å². The van der Waals surface area contributed by atoms with Crippen molar-refractivity contribution >= 4 is 5.78 Å². The van der Waals surface area contributed by atoms with Crippen molar-refractivity contribution in [1.29, 1.82) is 0 Å². The van der Waals surface area contributed by atoms with Crippen molar-refractivity contribution < 1.29 is 9.90 Å². The van der Waals surface area contributed by atoms with Crippen LogP contribution in [-0.4, -0.2) is 22.5 Å². The topological polar surface area (TPSA) is 63.3 Å². The molecule has 0 amide bonds. The number of hydrogen-bond donors (Lipinski definition) is 2. The van der Waals surface area contributed by atoms with Crippen molar-refractivity contribution in [2.75, 3.05) is 0 Å². The average Bonchev–Trinajstić information content (AvgIpc) is 2.13. The van der Waals surface area contributed by atoms with Gasteiger partial charge in [0, 0.05) is 6.04 Å². The van der Waals surface area contributed by atoms with E-state index in [0.29, 0.717) is 12.8 Å². The van der Waals surface area contributed by atoms with Crippen molar-refractivity contribution in [3.05, 3.63) is 0 Å². The van der Waals surface area contributed by atoms with E-state index in [0.717, 1.165) is 6.42 Å². The van der Waals surface area contributed by atoms with Crippen LogP contribution in [0.5, 0.6) is 0 Å². The molecule has 0 unspecified atom stereocenters. The summed E-state index contributed by atoms with van der Waals surface area (Å²) in [5, 5.41) is 9.51. The van der Waals surface area contributed by atoms with Gasteiger partial charge < -0.3 is 10.8 Å². The van der Waals surface area contributed by atoms with Gasteiger partial charge in [0.15, 0.2) is 5.78 Å². The number of Topliss-reactive ketones (excluding diaryl/α,β-unsaturated/α-hetero) is 1. The molecule has 1 aliphatic rings. The molecule has 58 valence electrons. The van der Waals surface area contributed by atoms with Gasteiger partial charge in [-0.2, -0.15) is 0 Å². The largest absolute Gasteiger partial charge is 0.382 e. The monoisotopic (exact) mass is 143 g/mol. The summed E-state index contributed by atoms with van der Waals surface area (Å²) < 4.78 is 0. The predicted molar refractivity (Wildman–Crippen MR) is 37.5 cm³/mol. The first-order chi connectivity index (χ1) is 4.54. The molecule has 3 heteroatoms. The minimum absolute atomic E-state index is 0.00824. The third-order valence-electron chi connectivity index (χ3n) is 2.18. The quantitative estimate of drug-likeness (QED) is 0.535. The fourth-order valence-electron chi connectivity index (χ4n) is 1.38. The lowest BCUT2D eigenvalue weighted by Gasteiger charge is -2.17. The Morgan fingerprint density at radius 2 is 2.40 bits per heavy atom. The van der Waals surface area contributed by atoms with Crippen molar-refractivity contribution in [3.8, 4) is 0 Å². The zero-order chi connectivity index (χ0) is 7.78. The molecule has 1 fully saturated rings. The Morgan fingerprint density at radius 1 is 1.80 bits per heavy atom. The highest BCUT2D eigenvalue weighted by molar-refractivity contribution is 5.85. The van der Waals surface area contributed by atoms with E-state index in [1.165, 1.54) is 6.92 Å². The van der Waals surface area contributed by atoms with Crippen LogP contribution in [0.25, 0.3) is 0 Å². The van der Waals surface area contributed by atoms with Gasteiger partial charge in [0.05, 0.1) is 0 Å². The molecule has 0 aliphatic heterocycles. The van der Waals surface area contributed by atoms with E-state index in [2.05, 4.69) is 0 Å². The molecule has 0 aromatic carbocycles. The van der Waals surface area contributed by atoms with E-state index in [-0.39, 0.29) is 11.8 Å². The molecule has 1 saturated carbocycles. The van der Waals surface area contributed by atoms with Gasteiger partial charge in [-0.25, -0.2) is 0 Å². The van der Waals surface area contributed by atoms with Crippen LogP contribution in [0.1, 0.15) is 26.2 Å². The highest BCUT2D eigenvalue weighted by Crippen LogP contribution is 2.29. The van der Waals surface area contributed by atoms with Crippen LogP contribution in [0.2, 0.25) is 0 Å². The minimum Gasteiger partial charge on any atom is -0.382 e. The molecule has 2 atom stereocenters. The van der Waals surface area contributed by atoms with E-state index >= 15 is 0 Å². The summed E-state index contributed by atoms with van der Waals surface area (Å²) in [6.45, 7) is 1.41. The zero-order valence-electron chi connectivity index (χ0n) is 6.13. The van der Waals surface area contributed by atoms with Crippen molar-refractivity contribution in [1.82, 2.24) is 0 Å². The van der Waals surface area contributed by atoms with Crippen molar-refractivity contribution in [2.24, 2.45) is 5.73 Å². The van der Waals surface area contributed by atoms with E-state index in [1.807, 2.05) is 0 Å². The van der Waals surface area contributed by atoms with Crippen LogP contribution in [0.4, 0.5) is 0 Å². The second-order valence-electron chi connectivity index (χ2n) is 3.09. The van der Waals surface area contributed by atoms with Crippen molar-refractivity contribution in [2.45, 2.75) is 37.8 Å². The number of carbonyl (C=O) groups excluding carboxylic acids is 1. The summed E-state index contributed by atoms with van der Waals surface area (Å²) in [5.74, 6) is -0.152. The van der Waals surface area contributed by atoms with E-state index in [4.69, 9.17) is 5.73 Å². The van der Waals surface area contributed by atoms with Gasteiger partial charge in [-0.3, -0.25) is 4.79 Å². The Balaban J connectivity index is 2.63. The van der Waals surface area contributed by atoms with Crippen LogP contribution < -0.4 is 5.73 Å². The smallest absolute Gasteiger partial charge is 0.161 e. The zero-order valence-corrected chi connectivity index (χ0v) is 6.13. The lowest BCUT2D eigenvalue weighted by molar-refractivity contribution is -0.134. The summed E-state index contributed by atoms with van der Waals surface area (Å²) >= 11 is 0. The Morgan fingerprint density at radius 3 is 2.60 bits per heavy atom. The van der Waals surface area contributed by atoms with Gasteiger partial charge in [-0.1, -0.05) is 0 Å². The van der Waals surface area contributed by atoms with E-state index < -0.39 is 5.60 Å². The standard InChI is InChI=1S/C7H13NO2/c1-5(9)7(10)3-2-6(8)4-7/h6,10H,2-4,8H2,1H3/t6-,7+/m0/s1. The van der Waals surface area contributed by atoms with Crippen molar-refractivity contribution in [3.63, 3.8) is 0 Å². The number of carbonyl (C=O) groups is 1. The molecule has 1 rings (SSSR count). The molecule has 1 aliphatic carbocycles. The number of hydrogen-bond acceptors (Lipinski definition) is 3. The summed E-state index contributed by atoms with van der Waals surface area (Å²) in [6, 6.07) is 0.00824. The third-order valence-corrected chi connectivity index (χ3v) is 2.18. The average molecular weight is 143 g/mol. The van der Waals surface area contributed by atoms with E-state index in [1.54, 1.807) is 0 Å². The Labute approximate surface area is 60.2 Å². The van der Waals surface area contributed by atoms with E-state index in [9.17, 15) is 9.90 Å². The SMILES string of the molecule is CC(=O)[C@@]1(O)CC[C@H](N)C1. The van der Waals surface area contributed by atoms with Crippen LogP contribution in [0.15, 0.2) is 0 Å². The van der Waals surface area contributed by atoms with Crippen LogP contribution >= 0.6 is 0 Å². The fraction of sp³-hybridized carbons (Fsp3) is 0.857. The maximum absolute atomic E-state index is 10.8. The van der Waals surface area contributed by atoms with Gasteiger partial charge in [-0.15, -0.1) is 0 Å². The molecule has 0 spiro atoms. The second kappa shape index (κ2) is 2.32. The number of aliphatic hydroxyl groups is 1. The lowest BCUT2D eigenvalue weighted by atomic mass is 9.98. The van der Waals surface area contributed by atoms with Gasteiger partial charge in [-0.05, 0) is 26.2 Å². The fourth-order valence-corrected chi connectivity index (χ4v) is 1.38. The van der Waals surface area contributed by atoms with Crippen LogP contribution in [-0.2, 0) is 4.79 Å². The molecule has 0 heterocycles. The molecule has 10 heavy (non-hydrogen) atoms. The maximum Gasteiger partial charge on any atom is 0.161 e. The Hall–Kier alpha value is -0.410. The number of rotatable bonds is 1. The first kappa shape index (κ1) is 7.69. The highest BCUT2D eigenvalue weighted by atomic mass is 16.3.